The normalized spacial score (nSPS) is 17.2. The molecule has 1 amide bonds. The van der Waals surface area contributed by atoms with E-state index in [2.05, 4.69) is 0 Å². The molecule has 2 rings (SSSR count). The summed E-state index contributed by atoms with van der Waals surface area (Å²) < 4.78 is 5.25. The van der Waals surface area contributed by atoms with E-state index in [1.807, 2.05) is 24.3 Å². The van der Waals surface area contributed by atoms with Gasteiger partial charge in [0.25, 0.3) is 0 Å². The van der Waals surface area contributed by atoms with Crippen LogP contribution in [0.5, 0.6) is 5.75 Å². The molecule has 1 heterocycles. The van der Waals surface area contributed by atoms with Gasteiger partial charge in [-0.05, 0) is 24.5 Å². The van der Waals surface area contributed by atoms with Crippen LogP contribution in [-0.2, 0) is 16.0 Å². The molecule has 1 unspecified atom stereocenters. The van der Waals surface area contributed by atoms with E-state index in [1.54, 1.807) is 12.0 Å². The van der Waals surface area contributed by atoms with E-state index in [0.717, 1.165) is 11.3 Å². The second kappa shape index (κ2) is 7.88. The molecule has 6 heteroatoms. The van der Waals surface area contributed by atoms with Crippen molar-refractivity contribution in [2.75, 3.05) is 20.2 Å². The Bertz CT molecular complexity index is 506. The number of carbonyl (C=O) groups excluding carboxylic acids is 1. The lowest BCUT2D eigenvalue weighted by Crippen LogP contribution is -2.30. The Morgan fingerprint density at radius 1 is 1.38 bits per heavy atom. The second-order valence-electron chi connectivity index (χ2n) is 4.98. The molecule has 1 fully saturated rings. The van der Waals surface area contributed by atoms with Crippen LogP contribution in [-0.4, -0.2) is 42.1 Å². The number of rotatable bonds is 5. The number of para-hydroxylation sites is 1. The van der Waals surface area contributed by atoms with E-state index in [4.69, 9.17) is 9.84 Å². The third-order valence-corrected chi connectivity index (χ3v) is 3.69. The SMILES string of the molecule is COc1ccccc1CCC(=O)N1CCC(C(=O)O)C1.Cl. The fraction of sp³-hybridized carbons (Fsp3) is 0.467. The summed E-state index contributed by atoms with van der Waals surface area (Å²) in [6, 6.07) is 7.62. The van der Waals surface area contributed by atoms with Crippen molar-refractivity contribution in [1.82, 2.24) is 4.90 Å². The van der Waals surface area contributed by atoms with Crippen LogP contribution < -0.4 is 4.74 Å². The van der Waals surface area contributed by atoms with Crippen molar-refractivity contribution in [3.05, 3.63) is 29.8 Å². The van der Waals surface area contributed by atoms with Crippen LogP contribution in [0.2, 0.25) is 0 Å². The highest BCUT2D eigenvalue weighted by Gasteiger charge is 2.30. The Labute approximate surface area is 130 Å². The number of carboxylic acids is 1. The Morgan fingerprint density at radius 2 is 2.10 bits per heavy atom. The number of carboxylic acid groups (broad SMARTS) is 1. The van der Waals surface area contributed by atoms with Crippen molar-refractivity contribution in [1.29, 1.82) is 0 Å². The maximum atomic E-state index is 12.1. The van der Waals surface area contributed by atoms with Gasteiger partial charge in [0.05, 0.1) is 13.0 Å². The Hall–Kier alpha value is -1.75. The van der Waals surface area contributed by atoms with Crippen molar-refractivity contribution in [3.8, 4) is 5.75 Å². The standard InChI is InChI=1S/C15H19NO4.ClH/c1-20-13-5-3-2-4-11(13)6-7-14(17)16-9-8-12(10-16)15(18)19;/h2-5,12H,6-10H2,1H3,(H,18,19);1H. The number of halogens is 1. The number of carbonyl (C=O) groups is 2. The monoisotopic (exact) mass is 313 g/mol. The number of likely N-dealkylation sites (tertiary alicyclic amines) is 1. The van der Waals surface area contributed by atoms with Crippen molar-refractivity contribution in [3.63, 3.8) is 0 Å². The number of nitrogens with zero attached hydrogens (tertiary/aromatic N) is 1. The second-order valence-corrected chi connectivity index (χ2v) is 4.98. The predicted octanol–water partition coefficient (Wildman–Crippen LogP) is 1.98. The molecule has 1 saturated heterocycles. The van der Waals surface area contributed by atoms with Crippen LogP contribution in [0, 0.1) is 5.92 Å². The minimum absolute atomic E-state index is 0. The van der Waals surface area contributed by atoms with Gasteiger partial charge in [0.1, 0.15) is 5.75 Å². The fourth-order valence-corrected chi connectivity index (χ4v) is 2.50. The summed E-state index contributed by atoms with van der Waals surface area (Å²) in [6.45, 7) is 0.877. The first kappa shape index (κ1) is 17.3. The van der Waals surface area contributed by atoms with Crippen molar-refractivity contribution >= 4 is 24.3 Å². The molecule has 1 N–H and O–H groups in total. The number of aryl methyl sites for hydroxylation is 1. The van der Waals surface area contributed by atoms with Crippen LogP contribution in [0.25, 0.3) is 0 Å². The van der Waals surface area contributed by atoms with Crippen molar-refractivity contribution in [2.45, 2.75) is 19.3 Å². The highest BCUT2D eigenvalue weighted by molar-refractivity contribution is 5.85. The molecule has 116 valence electrons. The lowest BCUT2D eigenvalue weighted by molar-refractivity contribution is -0.141. The summed E-state index contributed by atoms with van der Waals surface area (Å²) in [4.78, 5) is 24.6. The summed E-state index contributed by atoms with van der Waals surface area (Å²) in [5.41, 5.74) is 0.998. The van der Waals surface area contributed by atoms with Crippen LogP contribution in [0.4, 0.5) is 0 Å². The molecule has 0 radical (unpaired) electrons. The highest BCUT2D eigenvalue weighted by atomic mass is 35.5. The van der Waals surface area contributed by atoms with Gasteiger partial charge in [-0.3, -0.25) is 9.59 Å². The quantitative estimate of drug-likeness (QED) is 0.902. The third kappa shape index (κ3) is 4.36. The van der Waals surface area contributed by atoms with Crippen LogP contribution >= 0.6 is 12.4 Å². The number of ether oxygens (including phenoxy) is 1. The minimum atomic E-state index is -0.815. The smallest absolute Gasteiger partial charge is 0.308 e. The molecule has 0 spiro atoms. The first-order valence-electron chi connectivity index (χ1n) is 6.74. The number of aliphatic carboxylic acids is 1. The first-order valence-corrected chi connectivity index (χ1v) is 6.74. The number of methoxy groups -OCH3 is 1. The zero-order valence-electron chi connectivity index (χ0n) is 11.9. The molecule has 0 saturated carbocycles. The van der Waals surface area contributed by atoms with Gasteiger partial charge in [-0.1, -0.05) is 18.2 Å². The van der Waals surface area contributed by atoms with Gasteiger partial charge >= 0.3 is 5.97 Å². The van der Waals surface area contributed by atoms with Gasteiger partial charge in [0.2, 0.25) is 5.91 Å². The Kier molecular flexibility index (Phi) is 6.49. The van der Waals surface area contributed by atoms with Gasteiger partial charge in [-0.25, -0.2) is 0 Å². The van der Waals surface area contributed by atoms with Crippen LogP contribution in [0.1, 0.15) is 18.4 Å². The zero-order chi connectivity index (χ0) is 14.5. The summed E-state index contributed by atoms with van der Waals surface area (Å²) >= 11 is 0. The maximum Gasteiger partial charge on any atom is 0.308 e. The van der Waals surface area contributed by atoms with Crippen LogP contribution in [0.15, 0.2) is 24.3 Å². The lowest BCUT2D eigenvalue weighted by Gasteiger charge is -2.16. The average Bonchev–Trinajstić information content (AvgIpc) is 2.95. The molecule has 21 heavy (non-hydrogen) atoms. The predicted molar refractivity (Wildman–Crippen MR) is 80.9 cm³/mol. The molecule has 0 aromatic heterocycles. The van der Waals surface area contributed by atoms with Gasteiger partial charge in [-0.15, -0.1) is 12.4 Å². The van der Waals surface area contributed by atoms with E-state index >= 15 is 0 Å². The fourth-order valence-electron chi connectivity index (χ4n) is 2.50. The maximum absolute atomic E-state index is 12.1. The summed E-state index contributed by atoms with van der Waals surface area (Å²) in [6.07, 6.45) is 1.54. The van der Waals surface area contributed by atoms with E-state index in [9.17, 15) is 9.59 Å². The highest BCUT2D eigenvalue weighted by Crippen LogP contribution is 2.21. The molecule has 1 aromatic carbocycles. The largest absolute Gasteiger partial charge is 0.496 e. The third-order valence-electron chi connectivity index (χ3n) is 3.69. The topological polar surface area (TPSA) is 66.8 Å². The van der Waals surface area contributed by atoms with E-state index in [1.165, 1.54) is 0 Å². The van der Waals surface area contributed by atoms with E-state index in [-0.39, 0.29) is 18.3 Å². The molecule has 0 aliphatic carbocycles. The number of hydrogen-bond acceptors (Lipinski definition) is 3. The van der Waals surface area contributed by atoms with Crippen molar-refractivity contribution < 1.29 is 19.4 Å². The molecular formula is C15H20ClNO4. The number of benzene rings is 1. The van der Waals surface area contributed by atoms with E-state index < -0.39 is 11.9 Å². The molecular weight excluding hydrogens is 294 g/mol. The zero-order valence-corrected chi connectivity index (χ0v) is 12.8. The lowest BCUT2D eigenvalue weighted by atomic mass is 10.1. The summed E-state index contributed by atoms with van der Waals surface area (Å²) in [7, 11) is 1.61. The Balaban J connectivity index is 0.00000220. The van der Waals surface area contributed by atoms with Gasteiger partial charge < -0.3 is 14.7 Å². The molecule has 5 nitrogen and oxygen atoms in total. The van der Waals surface area contributed by atoms with Gasteiger partial charge in [-0.2, -0.15) is 0 Å². The van der Waals surface area contributed by atoms with Gasteiger partial charge in [0.15, 0.2) is 0 Å². The molecule has 1 aliphatic heterocycles. The van der Waals surface area contributed by atoms with Crippen molar-refractivity contribution in [2.24, 2.45) is 5.92 Å². The summed E-state index contributed by atoms with van der Waals surface area (Å²) in [5, 5.41) is 8.93. The molecule has 1 aromatic rings. The molecule has 1 aliphatic rings. The molecule has 1 atom stereocenters. The number of amides is 1. The number of hydrogen-bond donors (Lipinski definition) is 1. The van der Waals surface area contributed by atoms with Gasteiger partial charge in [0, 0.05) is 19.5 Å². The average molecular weight is 314 g/mol. The van der Waals surface area contributed by atoms with E-state index in [0.29, 0.717) is 32.4 Å². The minimum Gasteiger partial charge on any atom is -0.496 e. The first-order chi connectivity index (χ1) is 9.61. The van der Waals surface area contributed by atoms with Crippen LogP contribution in [0.3, 0.4) is 0 Å². The Morgan fingerprint density at radius 3 is 2.71 bits per heavy atom. The molecule has 0 bridgehead atoms. The summed E-state index contributed by atoms with van der Waals surface area (Å²) in [5.74, 6) is -0.431.